The Labute approximate surface area is 125 Å². The Morgan fingerprint density at radius 2 is 2.05 bits per heavy atom. The van der Waals surface area contributed by atoms with Crippen molar-refractivity contribution in [2.45, 2.75) is 30.8 Å². The first-order valence-electron chi connectivity index (χ1n) is 7.30. The molecule has 0 bridgehead atoms. The Balaban J connectivity index is 1.58. The van der Waals surface area contributed by atoms with Gasteiger partial charge in [0.15, 0.2) is 0 Å². The predicted octanol–water partition coefficient (Wildman–Crippen LogP) is 4.66. The van der Waals surface area contributed by atoms with Gasteiger partial charge in [-0.15, -0.1) is 0 Å². The number of thioether (sulfide) groups is 1. The van der Waals surface area contributed by atoms with Gasteiger partial charge in [-0.05, 0) is 37.0 Å². The maximum Gasteiger partial charge on any atom is 0.0373 e. The van der Waals surface area contributed by atoms with Crippen molar-refractivity contribution in [2.24, 2.45) is 0 Å². The smallest absolute Gasteiger partial charge is 0.0373 e. The zero-order chi connectivity index (χ0) is 13.8. The van der Waals surface area contributed by atoms with Gasteiger partial charge in [0.1, 0.15) is 0 Å². The predicted molar refractivity (Wildman–Crippen MR) is 89.5 cm³/mol. The molecule has 0 spiro atoms. The normalized spacial score (nSPS) is 17.9. The first-order chi connectivity index (χ1) is 9.81. The number of aryl methyl sites for hydroxylation is 2. The van der Waals surface area contributed by atoms with Crippen molar-refractivity contribution in [3.63, 3.8) is 0 Å². The van der Waals surface area contributed by atoms with Gasteiger partial charge in [0.25, 0.3) is 0 Å². The van der Waals surface area contributed by atoms with E-state index in [9.17, 15) is 0 Å². The van der Waals surface area contributed by atoms with Gasteiger partial charge in [-0.25, -0.2) is 0 Å². The minimum absolute atomic E-state index is 0.697. The number of para-hydroxylation sites is 1. The number of hydrogen-bond acceptors (Lipinski definition) is 2. The summed E-state index contributed by atoms with van der Waals surface area (Å²) in [6.45, 7) is 3.24. The van der Waals surface area contributed by atoms with E-state index < -0.39 is 0 Å². The minimum Gasteiger partial charge on any atom is -0.384 e. The lowest BCUT2D eigenvalue weighted by Crippen LogP contribution is -2.14. The van der Waals surface area contributed by atoms with Crippen molar-refractivity contribution in [1.82, 2.24) is 0 Å². The highest BCUT2D eigenvalue weighted by atomic mass is 32.2. The Hall–Kier alpha value is -1.41. The van der Waals surface area contributed by atoms with E-state index in [4.69, 9.17) is 0 Å². The third-order valence-electron chi connectivity index (χ3n) is 3.84. The van der Waals surface area contributed by atoms with E-state index in [-0.39, 0.29) is 0 Å². The van der Waals surface area contributed by atoms with Gasteiger partial charge in [-0.1, -0.05) is 48.0 Å². The molecule has 0 aromatic heterocycles. The fraction of sp³-hybridized carbons (Fsp3) is 0.333. The highest BCUT2D eigenvalue weighted by Crippen LogP contribution is 2.28. The van der Waals surface area contributed by atoms with E-state index in [1.807, 2.05) is 0 Å². The fourth-order valence-electron chi connectivity index (χ4n) is 2.71. The van der Waals surface area contributed by atoms with Crippen molar-refractivity contribution in [3.05, 3.63) is 65.2 Å². The van der Waals surface area contributed by atoms with Crippen LogP contribution in [0.15, 0.2) is 48.5 Å². The lowest BCUT2D eigenvalue weighted by atomic mass is 10.1. The molecule has 1 atom stereocenters. The molecule has 0 saturated carbocycles. The summed E-state index contributed by atoms with van der Waals surface area (Å²) in [5, 5.41) is 4.30. The number of anilines is 1. The molecular weight excluding hydrogens is 262 g/mol. The van der Waals surface area contributed by atoms with Crippen molar-refractivity contribution >= 4 is 17.4 Å². The Morgan fingerprint density at radius 3 is 2.95 bits per heavy atom. The number of rotatable bonds is 3. The van der Waals surface area contributed by atoms with Crippen LogP contribution in [0.4, 0.5) is 5.69 Å². The Kier molecular flexibility index (Phi) is 4.31. The molecule has 2 aromatic carbocycles. The summed E-state index contributed by atoms with van der Waals surface area (Å²) < 4.78 is 0. The van der Waals surface area contributed by atoms with Gasteiger partial charge in [-0.2, -0.15) is 11.8 Å². The number of benzene rings is 2. The second kappa shape index (κ2) is 6.36. The van der Waals surface area contributed by atoms with Crippen molar-refractivity contribution in [3.8, 4) is 0 Å². The SMILES string of the molecule is Cc1cccc(CSC2CCc3ccccc3NC2)c1. The minimum atomic E-state index is 0.697. The van der Waals surface area contributed by atoms with Crippen LogP contribution in [0, 0.1) is 6.92 Å². The lowest BCUT2D eigenvalue weighted by Gasteiger charge is -2.14. The Bertz CT molecular complexity index is 552. The van der Waals surface area contributed by atoms with Crippen LogP contribution in [0.1, 0.15) is 23.1 Å². The summed E-state index contributed by atoms with van der Waals surface area (Å²) in [6, 6.07) is 17.6. The van der Waals surface area contributed by atoms with Gasteiger partial charge in [0.05, 0.1) is 0 Å². The topological polar surface area (TPSA) is 12.0 Å². The molecule has 0 aliphatic carbocycles. The summed E-state index contributed by atoms with van der Waals surface area (Å²) >= 11 is 2.08. The molecule has 2 heteroatoms. The van der Waals surface area contributed by atoms with Crippen molar-refractivity contribution in [2.75, 3.05) is 11.9 Å². The van der Waals surface area contributed by atoms with E-state index in [0.717, 1.165) is 12.3 Å². The van der Waals surface area contributed by atoms with E-state index >= 15 is 0 Å². The van der Waals surface area contributed by atoms with Crippen LogP contribution in [0.3, 0.4) is 0 Å². The van der Waals surface area contributed by atoms with E-state index in [2.05, 4.69) is 72.5 Å². The molecule has 20 heavy (non-hydrogen) atoms. The summed E-state index contributed by atoms with van der Waals surface area (Å²) in [5.41, 5.74) is 5.59. The van der Waals surface area contributed by atoms with Crippen LogP contribution >= 0.6 is 11.8 Å². The first-order valence-corrected chi connectivity index (χ1v) is 8.35. The molecule has 1 aliphatic rings. The standard InChI is InChI=1S/C18H21NS/c1-14-5-4-6-15(11-14)13-20-17-10-9-16-7-2-3-8-18(16)19-12-17/h2-8,11,17,19H,9-10,12-13H2,1H3. The molecule has 1 unspecified atom stereocenters. The molecule has 1 N–H and O–H groups in total. The van der Waals surface area contributed by atoms with Gasteiger partial charge < -0.3 is 5.32 Å². The summed E-state index contributed by atoms with van der Waals surface area (Å²) in [5.74, 6) is 1.12. The average molecular weight is 283 g/mol. The molecule has 0 radical (unpaired) electrons. The van der Waals surface area contributed by atoms with Crippen LogP contribution in [-0.4, -0.2) is 11.8 Å². The molecule has 1 aliphatic heterocycles. The summed E-state index contributed by atoms with van der Waals surface area (Å²) in [4.78, 5) is 0. The molecule has 3 rings (SSSR count). The molecule has 104 valence electrons. The summed E-state index contributed by atoms with van der Waals surface area (Å²) in [6.07, 6.45) is 2.45. The third-order valence-corrected chi connectivity index (χ3v) is 5.22. The van der Waals surface area contributed by atoms with E-state index in [0.29, 0.717) is 5.25 Å². The number of hydrogen-bond donors (Lipinski definition) is 1. The zero-order valence-electron chi connectivity index (χ0n) is 11.9. The Morgan fingerprint density at radius 1 is 1.15 bits per heavy atom. The molecule has 2 aromatic rings. The average Bonchev–Trinajstić information content (AvgIpc) is 2.68. The van der Waals surface area contributed by atoms with Crippen LogP contribution in [0.25, 0.3) is 0 Å². The second-order valence-corrected chi connectivity index (χ2v) is 6.79. The van der Waals surface area contributed by atoms with Crippen LogP contribution < -0.4 is 5.32 Å². The quantitative estimate of drug-likeness (QED) is 0.879. The van der Waals surface area contributed by atoms with Gasteiger partial charge in [0, 0.05) is 23.2 Å². The fourth-order valence-corrected chi connectivity index (χ4v) is 3.80. The van der Waals surface area contributed by atoms with E-state index in [1.165, 1.54) is 35.2 Å². The second-order valence-electron chi connectivity index (χ2n) is 5.50. The number of fused-ring (bicyclic) bond motifs is 1. The molecule has 0 amide bonds. The summed E-state index contributed by atoms with van der Waals surface area (Å²) in [7, 11) is 0. The molecule has 1 nitrogen and oxygen atoms in total. The maximum absolute atomic E-state index is 3.60. The van der Waals surface area contributed by atoms with Gasteiger partial charge in [0.2, 0.25) is 0 Å². The molecular formula is C18H21NS. The zero-order valence-corrected chi connectivity index (χ0v) is 12.7. The molecule has 1 heterocycles. The van der Waals surface area contributed by atoms with Crippen molar-refractivity contribution < 1.29 is 0 Å². The van der Waals surface area contributed by atoms with Crippen LogP contribution in [-0.2, 0) is 12.2 Å². The lowest BCUT2D eigenvalue weighted by molar-refractivity contribution is 0.803. The van der Waals surface area contributed by atoms with Crippen molar-refractivity contribution in [1.29, 1.82) is 0 Å². The number of nitrogens with one attached hydrogen (secondary N) is 1. The van der Waals surface area contributed by atoms with Crippen LogP contribution in [0.2, 0.25) is 0 Å². The first kappa shape index (κ1) is 13.6. The molecule has 0 fully saturated rings. The van der Waals surface area contributed by atoms with Gasteiger partial charge >= 0.3 is 0 Å². The maximum atomic E-state index is 3.60. The molecule has 0 saturated heterocycles. The van der Waals surface area contributed by atoms with Crippen LogP contribution in [0.5, 0.6) is 0 Å². The third kappa shape index (κ3) is 3.37. The largest absolute Gasteiger partial charge is 0.384 e. The van der Waals surface area contributed by atoms with Gasteiger partial charge in [-0.3, -0.25) is 0 Å². The monoisotopic (exact) mass is 283 g/mol. The highest BCUT2D eigenvalue weighted by molar-refractivity contribution is 7.99. The van der Waals surface area contributed by atoms with E-state index in [1.54, 1.807) is 0 Å². The highest BCUT2D eigenvalue weighted by Gasteiger charge is 2.15.